The van der Waals surface area contributed by atoms with Gasteiger partial charge in [-0.25, -0.2) is 9.59 Å². The lowest BCUT2D eigenvalue weighted by Crippen LogP contribution is -2.44. The van der Waals surface area contributed by atoms with Crippen LogP contribution in [0.3, 0.4) is 0 Å². The smallest absolute Gasteiger partial charge is 0.374 e. The van der Waals surface area contributed by atoms with E-state index in [9.17, 15) is 19.2 Å². The van der Waals surface area contributed by atoms with E-state index in [-0.39, 0.29) is 17.4 Å². The van der Waals surface area contributed by atoms with Crippen molar-refractivity contribution >= 4 is 28.9 Å². The lowest BCUT2D eigenvalue weighted by Gasteiger charge is -2.09. The number of ether oxygens (including phenoxy) is 1. The topological polar surface area (TPSA) is 115 Å². The van der Waals surface area contributed by atoms with E-state index in [0.717, 1.165) is 11.6 Å². The molecule has 0 unspecified atom stereocenters. The van der Waals surface area contributed by atoms with E-state index in [0.29, 0.717) is 5.39 Å². The van der Waals surface area contributed by atoms with E-state index < -0.39 is 29.9 Å². The summed E-state index contributed by atoms with van der Waals surface area (Å²) in [6.07, 6.45) is 0. The van der Waals surface area contributed by atoms with Gasteiger partial charge < -0.3 is 14.5 Å². The minimum atomic E-state index is -0.973. The highest BCUT2D eigenvalue weighted by Crippen LogP contribution is 2.14. The molecule has 0 fully saturated rings. The van der Waals surface area contributed by atoms with Gasteiger partial charge >= 0.3 is 12.0 Å². The number of aryl methyl sites for hydroxylation is 1. The standard InChI is InChI=1S/C17H18N2O6/c1-9(2)18-17(23)19-15(21)8-24-16(22)14-7-12(20)11-6-10(3)4-5-13(11)25-14/h4-7,9H,8H2,1-3H3,(H2,18,19,21,23). The number of amides is 3. The Hall–Kier alpha value is -3.16. The number of nitrogens with one attached hydrogen (secondary N) is 2. The molecule has 25 heavy (non-hydrogen) atoms. The van der Waals surface area contributed by atoms with Crippen LogP contribution in [0, 0.1) is 6.92 Å². The monoisotopic (exact) mass is 346 g/mol. The summed E-state index contributed by atoms with van der Waals surface area (Å²) in [6.45, 7) is 4.61. The highest BCUT2D eigenvalue weighted by Gasteiger charge is 2.16. The van der Waals surface area contributed by atoms with Crippen LogP contribution in [0.1, 0.15) is 30.0 Å². The average molecular weight is 346 g/mol. The molecule has 2 N–H and O–H groups in total. The van der Waals surface area contributed by atoms with Crippen molar-refractivity contribution in [1.29, 1.82) is 0 Å². The van der Waals surface area contributed by atoms with E-state index in [1.54, 1.807) is 32.0 Å². The molecule has 8 heteroatoms. The number of rotatable bonds is 4. The summed E-state index contributed by atoms with van der Waals surface area (Å²) in [5.41, 5.74) is 0.731. The summed E-state index contributed by atoms with van der Waals surface area (Å²) in [6, 6.07) is 5.13. The molecule has 2 aromatic rings. The van der Waals surface area contributed by atoms with Crippen molar-refractivity contribution in [1.82, 2.24) is 10.6 Å². The van der Waals surface area contributed by atoms with Crippen LogP contribution in [0.5, 0.6) is 0 Å². The van der Waals surface area contributed by atoms with Gasteiger partial charge in [0.2, 0.25) is 5.76 Å². The maximum atomic E-state index is 12.0. The molecule has 1 aromatic carbocycles. The van der Waals surface area contributed by atoms with E-state index in [4.69, 9.17) is 9.15 Å². The molecule has 1 aromatic heterocycles. The molecule has 0 aliphatic rings. The highest BCUT2D eigenvalue weighted by molar-refractivity contribution is 5.96. The maximum absolute atomic E-state index is 12.0. The van der Waals surface area contributed by atoms with E-state index in [1.165, 1.54) is 0 Å². The average Bonchev–Trinajstić information content (AvgIpc) is 2.52. The molecule has 0 aliphatic heterocycles. The fourth-order valence-electron chi connectivity index (χ4n) is 2.03. The van der Waals surface area contributed by atoms with Gasteiger partial charge in [-0.3, -0.25) is 14.9 Å². The SMILES string of the molecule is Cc1ccc2oc(C(=O)OCC(=O)NC(=O)NC(C)C)cc(=O)c2c1. The largest absolute Gasteiger partial charge is 0.450 e. The predicted octanol–water partition coefficient (Wildman–Crippen LogP) is 1.49. The first-order valence-electron chi connectivity index (χ1n) is 7.58. The first-order chi connectivity index (χ1) is 11.8. The molecule has 0 saturated carbocycles. The van der Waals surface area contributed by atoms with Gasteiger partial charge in [-0.1, -0.05) is 11.6 Å². The number of benzene rings is 1. The number of urea groups is 1. The zero-order valence-electron chi connectivity index (χ0n) is 14.0. The Kier molecular flexibility index (Phi) is 5.53. The molecular weight excluding hydrogens is 328 g/mol. The molecule has 0 radical (unpaired) electrons. The number of imide groups is 1. The van der Waals surface area contributed by atoms with Crippen molar-refractivity contribution in [3.8, 4) is 0 Å². The number of carbonyl (C=O) groups is 3. The van der Waals surface area contributed by atoms with Crippen LogP contribution in [-0.4, -0.2) is 30.6 Å². The summed E-state index contributed by atoms with van der Waals surface area (Å²) in [4.78, 5) is 46.9. The molecule has 132 valence electrons. The third kappa shape index (κ3) is 4.90. The first-order valence-corrected chi connectivity index (χ1v) is 7.58. The summed E-state index contributed by atoms with van der Waals surface area (Å²) in [5, 5.41) is 4.81. The lowest BCUT2D eigenvalue weighted by molar-refractivity contribution is -0.123. The molecule has 3 amide bonds. The highest BCUT2D eigenvalue weighted by atomic mass is 16.5. The summed E-state index contributed by atoms with van der Waals surface area (Å²) in [7, 11) is 0. The predicted molar refractivity (Wildman–Crippen MR) is 89.3 cm³/mol. The van der Waals surface area contributed by atoms with Crippen molar-refractivity contribution < 1.29 is 23.5 Å². The van der Waals surface area contributed by atoms with Crippen LogP contribution < -0.4 is 16.1 Å². The summed E-state index contributed by atoms with van der Waals surface area (Å²) >= 11 is 0. The zero-order chi connectivity index (χ0) is 18.6. The molecule has 0 aliphatic carbocycles. The zero-order valence-corrected chi connectivity index (χ0v) is 14.0. The van der Waals surface area contributed by atoms with Crippen LogP contribution in [-0.2, 0) is 9.53 Å². The molecule has 0 spiro atoms. The second-order valence-corrected chi connectivity index (χ2v) is 5.73. The summed E-state index contributed by atoms with van der Waals surface area (Å²) in [5.74, 6) is -2.09. The lowest BCUT2D eigenvalue weighted by atomic mass is 10.1. The van der Waals surface area contributed by atoms with Crippen molar-refractivity contribution in [3.63, 3.8) is 0 Å². The Labute approximate surface area is 143 Å². The molecule has 8 nitrogen and oxygen atoms in total. The first kappa shape index (κ1) is 18.2. The fraction of sp³-hybridized carbons (Fsp3) is 0.294. The van der Waals surface area contributed by atoms with Crippen molar-refractivity contribution in [2.75, 3.05) is 6.61 Å². The third-order valence-corrected chi connectivity index (χ3v) is 3.09. The minimum absolute atomic E-state index is 0.147. The van der Waals surface area contributed by atoms with Crippen LogP contribution in [0.15, 0.2) is 33.5 Å². The number of fused-ring (bicyclic) bond motifs is 1. The molecule has 0 bridgehead atoms. The van der Waals surface area contributed by atoms with Crippen molar-refractivity contribution in [2.45, 2.75) is 26.8 Å². The van der Waals surface area contributed by atoms with E-state index in [2.05, 4.69) is 5.32 Å². The van der Waals surface area contributed by atoms with Gasteiger partial charge in [-0.05, 0) is 32.9 Å². The van der Waals surface area contributed by atoms with Gasteiger partial charge in [-0.2, -0.15) is 0 Å². The number of hydrogen-bond acceptors (Lipinski definition) is 6. The number of carbonyl (C=O) groups excluding carboxylic acids is 3. The number of hydrogen-bond donors (Lipinski definition) is 2. The fourth-order valence-corrected chi connectivity index (χ4v) is 2.03. The van der Waals surface area contributed by atoms with Crippen molar-refractivity contribution in [3.05, 3.63) is 45.8 Å². The Morgan fingerprint density at radius 2 is 1.92 bits per heavy atom. The van der Waals surface area contributed by atoms with Crippen LogP contribution in [0.2, 0.25) is 0 Å². The second kappa shape index (κ2) is 7.61. The number of esters is 1. The van der Waals surface area contributed by atoms with Gasteiger partial charge in [0.15, 0.2) is 12.0 Å². The Morgan fingerprint density at radius 3 is 2.60 bits per heavy atom. The minimum Gasteiger partial charge on any atom is -0.450 e. The Balaban J connectivity index is 2.03. The molecule has 2 rings (SSSR count). The van der Waals surface area contributed by atoms with E-state index >= 15 is 0 Å². The second-order valence-electron chi connectivity index (χ2n) is 5.73. The van der Waals surface area contributed by atoms with Gasteiger partial charge in [0.1, 0.15) is 5.58 Å². The Morgan fingerprint density at radius 1 is 1.20 bits per heavy atom. The van der Waals surface area contributed by atoms with Crippen LogP contribution >= 0.6 is 0 Å². The van der Waals surface area contributed by atoms with E-state index in [1.807, 2.05) is 12.2 Å². The molecule has 0 atom stereocenters. The summed E-state index contributed by atoms with van der Waals surface area (Å²) < 4.78 is 10.1. The van der Waals surface area contributed by atoms with Crippen LogP contribution in [0.25, 0.3) is 11.0 Å². The molecular formula is C17H18N2O6. The van der Waals surface area contributed by atoms with Gasteiger partial charge in [0.05, 0.1) is 5.39 Å². The third-order valence-electron chi connectivity index (χ3n) is 3.09. The Bertz CT molecular complexity index is 884. The molecule has 1 heterocycles. The normalized spacial score (nSPS) is 10.6. The van der Waals surface area contributed by atoms with Gasteiger partial charge in [0, 0.05) is 12.1 Å². The van der Waals surface area contributed by atoms with Gasteiger partial charge in [0.25, 0.3) is 5.91 Å². The van der Waals surface area contributed by atoms with Crippen LogP contribution in [0.4, 0.5) is 4.79 Å². The van der Waals surface area contributed by atoms with Gasteiger partial charge in [-0.15, -0.1) is 0 Å². The van der Waals surface area contributed by atoms with Crippen molar-refractivity contribution in [2.24, 2.45) is 0 Å². The molecule has 0 saturated heterocycles. The maximum Gasteiger partial charge on any atom is 0.374 e. The quantitative estimate of drug-likeness (QED) is 0.811.